The number of hydrogen-bond acceptors (Lipinski definition) is 2. The summed E-state index contributed by atoms with van der Waals surface area (Å²) < 4.78 is 0. The molecule has 0 spiro atoms. The highest BCUT2D eigenvalue weighted by Crippen LogP contribution is 2.22. The van der Waals surface area contributed by atoms with Crippen LogP contribution in [0.3, 0.4) is 0 Å². The van der Waals surface area contributed by atoms with Gasteiger partial charge in [-0.05, 0) is 18.3 Å². The lowest BCUT2D eigenvalue weighted by Crippen LogP contribution is -2.25. The minimum atomic E-state index is 0.0236. The van der Waals surface area contributed by atoms with Crippen molar-refractivity contribution in [2.24, 2.45) is 5.41 Å². The summed E-state index contributed by atoms with van der Waals surface area (Å²) in [4.78, 5) is 11.1. The summed E-state index contributed by atoms with van der Waals surface area (Å²) in [6.45, 7) is 7.11. The van der Waals surface area contributed by atoms with Crippen LogP contribution in [0.2, 0.25) is 0 Å². The molecular formula is C12H25NO2. The van der Waals surface area contributed by atoms with Gasteiger partial charge in [0.2, 0.25) is 5.91 Å². The number of aliphatic hydroxyl groups is 1. The zero-order valence-electron chi connectivity index (χ0n) is 10.3. The van der Waals surface area contributed by atoms with E-state index in [9.17, 15) is 4.79 Å². The molecule has 0 atom stereocenters. The topological polar surface area (TPSA) is 49.3 Å². The molecule has 15 heavy (non-hydrogen) atoms. The lowest BCUT2D eigenvalue weighted by molar-refractivity contribution is -0.121. The standard InChI is InChI=1S/C12H25NO2/c1-12(2,3)8-6-4-5-7-11(15)13-9-10-14/h14H,4-10H2,1-3H3,(H,13,15). The van der Waals surface area contributed by atoms with Gasteiger partial charge in [-0.15, -0.1) is 0 Å². The van der Waals surface area contributed by atoms with E-state index < -0.39 is 0 Å². The second kappa shape index (κ2) is 7.69. The third-order valence-electron chi connectivity index (χ3n) is 2.26. The van der Waals surface area contributed by atoms with Crippen LogP contribution in [0.4, 0.5) is 0 Å². The Labute approximate surface area is 93.3 Å². The molecule has 0 saturated carbocycles. The van der Waals surface area contributed by atoms with Gasteiger partial charge >= 0.3 is 0 Å². The predicted molar refractivity (Wildman–Crippen MR) is 62.6 cm³/mol. The van der Waals surface area contributed by atoms with Crippen LogP contribution in [-0.4, -0.2) is 24.2 Å². The summed E-state index contributed by atoms with van der Waals surface area (Å²) in [6.07, 6.45) is 5.06. The summed E-state index contributed by atoms with van der Waals surface area (Å²) in [6, 6.07) is 0. The van der Waals surface area contributed by atoms with Crippen molar-refractivity contribution in [1.29, 1.82) is 0 Å². The summed E-state index contributed by atoms with van der Waals surface area (Å²) in [5, 5.41) is 11.2. The first kappa shape index (κ1) is 14.4. The number of amides is 1. The molecule has 0 bridgehead atoms. The third kappa shape index (κ3) is 11.4. The molecule has 0 aromatic carbocycles. The van der Waals surface area contributed by atoms with E-state index >= 15 is 0 Å². The molecule has 0 aliphatic rings. The van der Waals surface area contributed by atoms with Gasteiger partial charge in [0.05, 0.1) is 6.61 Å². The summed E-state index contributed by atoms with van der Waals surface area (Å²) in [5.41, 5.74) is 0.402. The lowest BCUT2D eigenvalue weighted by atomic mass is 9.89. The number of aliphatic hydroxyl groups excluding tert-OH is 1. The number of carbonyl (C=O) groups is 1. The lowest BCUT2D eigenvalue weighted by Gasteiger charge is -2.17. The Morgan fingerprint density at radius 2 is 1.87 bits per heavy atom. The molecule has 0 aromatic rings. The van der Waals surface area contributed by atoms with Gasteiger partial charge in [-0.25, -0.2) is 0 Å². The van der Waals surface area contributed by atoms with E-state index in [4.69, 9.17) is 5.11 Å². The minimum Gasteiger partial charge on any atom is -0.395 e. The fourth-order valence-electron chi connectivity index (χ4n) is 1.40. The maximum atomic E-state index is 11.1. The number of unbranched alkanes of at least 4 members (excludes halogenated alkanes) is 2. The van der Waals surface area contributed by atoms with Crippen LogP contribution in [-0.2, 0) is 4.79 Å². The molecule has 0 fully saturated rings. The second-order valence-corrected chi connectivity index (χ2v) is 5.19. The highest BCUT2D eigenvalue weighted by atomic mass is 16.3. The van der Waals surface area contributed by atoms with Gasteiger partial charge in [0.15, 0.2) is 0 Å². The van der Waals surface area contributed by atoms with Crippen molar-refractivity contribution >= 4 is 5.91 Å². The van der Waals surface area contributed by atoms with E-state index in [2.05, 4.69) is 26.1 Å². The molecule has 3 nitrogen and oxygen atoms in total. The zero-order chi connectivity index (χ0) is 11.7. The predicted octanol–water partition coefficient (Wildman–Crippen LogP) is 2.09. The summed E-state index contributed by atoms with van der Waals surface area (Å²) in [5.74, 6) is 0.0554. The average molecular weight is 215 g/mol. The first-order chi connectivity index (χ1) is 6.95. The van der Waals surface area contributed by atoms with E-state index in [0.717, 1.165) is 12.8 Å². The van der Waals surface area contributed by atoms with Gasteiger partial charge in [-0.2, -0.15) is 0 Å². The SMILES string of the molecule is CC(C)(C)CCCCCC(=O)NCCO. The van der Waals surface area contributed by atoms with Crippen LogP contribution >= 0.6 is 0 Å². The Bertz CT molecular complexity index is 173. The molecule has 0 aliphatic heterocycles. The van der Waals surface area contributed by atoms with Crippen molar-refractivity contribution in [2.75, 3.05) is 13.2 Å². The number of carbonyl (C=O) groups excluding carboxylic acids is 1. The highest BCUT2D eigenvalue weighted by Gasteiger charge is 2.09. The van der Waals surface area contributed by atoms with Crippen LogP contribution in [0.5, 0.6) is 0 Å². The van der Waals surface area contributed by atoms with E-state index in [1.165, 1.54) is 12.8 Å². The molecular weight excluding hydrogens is 190 g/mol. The van der Waals surface area contributed by atoms with E-state index in [1.807, 2.05) is 0 Å². The van der Waals surface area contributed by atoms with Gasteiger partial charge in [0.25, 0.3) is 0 Å². The van der Waals surface area contributed by atoms with E-state index in [-0.39, 0.29) is 12.5 Å². The van der Waals surface area contributed by atoms with Crippen molar-refractivity contribution < 1.29 is 9.90 Å². The third-order valence-corrected chi connectivity index (χ3v) is 2.26. The quantitative estimate of drug-likeness (QED) is 0.639. The first-order valence-electron chi connectivity index (χ1n) is 5.83. The van der Waals surface area contributed by atoms with Crippen LogP contribution in [0, 0.1) is 5.41 Å². The maximum absolute atomic E-state index is 11.1. The summed E-state index contributed by atoms with van der Waals surface area (Å²) >= 11 is 0. The molecule has 0 unspecified atom stereocenters. The molecule has 2 N–H and O–H groups in total. The Morgan fingerprint density at radius 1 is 1.20 bits per heavy atom. The van der Waals surface area contributed by atoms with Gasteiger partial charge in [0.1, 0.15) is 0 Å². The van der Waals surface area contributed by atoms with Crippen molar-refractivity contribution in [3.05, 3.63) is 0 Å². The first-order valence-corrected chi connectivity index (χ1v) is 5.83. The largest absolute Gasteiger partial charge is 0.395 e. The Kier molecular flexibility index (Phi) is 7.39. The number of nitrogens with one attached hydrogen (secondary N) is 1. The monoisotopic (exact) mass is 215 g/mol. The highest BCUT2D eigenvalue weighted by molar-refractivity contribution is 5.75. The van der Waals surface area contributed by atoms with Crippen LogP contribution < -0.4 is 5.32 Å². The second-order valence-electron chi connectivity index (χ2n) is 5.19. The Balaban J connectivity index is 3.27. The minimum absolute atomic E-state index is 0.0236. The van der Waals surface area contributed by atoms with E-state index in [1.54, 1.807) is 0 Å². The fourth-order valence-corrected chi connectivity index (χ4v) is 1.40. The van der Waals surface area contributed by atoms with Crippen LogP contribution in [0.15, 0.2) is 0 Å². The zero-order valence-corrected chi connectivity index (χ0v) is 10.3. The molecule has 0 aromatic heterocycles. The molecule has 90 valence electrons. The molecule has 0 rings (SSSR count). The van der Waals surface area contributed by atoms with Crippen molar-refractivity contribution in [3.8, 4) is 0 Å². The molecule has 0 heterocycles. The van der Waals surface area contributed by atoms with Crippen LogP contribution in [0.25, 0.3) is 0 Å². The number of rotatable bonds is 7. The smallest absolute Gasteiger partial charge is 0.220 e. The van der Waals surface area contributed by atoms with Crippen molar-refractivity contribution in [1.82, 2.24) is 5.32 Å². The molecule has 0 saturated heterocycles. The van der Waals surface area contributed by atoms with Gasteiger partial charge in [-0.3, -0.25) is 4.79 Å². The molecule has 3 heteroatoms. The fraction of sp³-hybridized carbons (Fsp3) is 0.917. The van der Waals surface area contributed by atoms with Gasteiger partial charge in [0, 0.05) is 13.0 Å². The Morgan fingerprint density at radius 3 is 2.40 bits per heavy atom. The summed E-state index contributed by atoms with van der Waals surface area (Å²) in [7, 11) is 0. The van der Waals surface area contributed by atoms with E-state index in [0.29, 0.717) is 18.4 Å². The number of hydrogen-bond donors (Lipinski definition) is 2. The van der Waals surface area contributed by atoms with Crippen molar-refractivity contribution in [3.63, 3.8) is 0 Å². The average Bonchev–Trinajstić information content (AvgIpc) is 2.12. The normalized spacial score (nSPS) is 11.5. The Hall–Kier alpha value is -0.570. The van der Waals surface area contributed by atoms with Gasteiger partial charge < -0.3 is 10.4 Å². The molecule has 0 radical (unpaired) electrons. The van der Waals surface area contributed by atoms with Crippen molar-refractivity contribution in [2.45, 2.75) is 52.9 Å². The maximum Gasteiger partial charge on any atom is 0.220 e. The van der Waals surface area contributed by atoms with Crippen LogP contribution in [0.1, 0.15) is 52.9 Å². The molecule has 1 amide bonds. The van der Waals surface area contributed by atoms with Gasteiger partial charge in [-0.1, -0.05) is 33.6 Å². The molecule has 0 aliphatic carbocycles.